The molecule has 0 spiro atoms. The van der Waals surface area contributed by atoms with Crippen LogP contribution >= 0.6 is 0 Å². The molecule has 0 aliphatic rings. The lowest BCUT2D eigenvalue weighted by Gasteiger charge is -2.10. The fourth-order valence-corrected chi connectivity index (χ4v) is 1.98. The van der Waals surface area contributed by atoms with Crippen molar-refractivity contribution in [2.45, 2.75) is 26.9 Å². The van der Waals surface area contributed by atoms with Crippen LogP contribution in [0, 0.1) is 13.8 Å². The summed E-state index contributed by atoms with van der Waals surface area (Å²) in [5.41, 5.74) is 4.21. The van der Waals surface area contributed by atoms with Gasteiger partial charge in [-0.2, -0.15) is 0 Å². The van der Waals surface area contributed by atoms with Gasteiger partial charge >= 0.3 is 5.97 Å². The number of rotatable bonds is 5. The maximum absolute atomic E-state index is 10.7. The summed E-state index contributed by atoms with van der Waals surface area (Å²) in [4.78, 5) is 15.2. The quantitative estimate of drug-likeness (QED) is 0.851. The Labute approximate surface area is 130 Å². The van der Waals surface area contributed by atoms with E-state index in [-0.39, 0.29) is 0 Å². The van der Waals surface area contributed by atoms with Crippen molar-refractivity contribution < 1.29 is 14.6 Å². The molecule has 0 bridgehead atoms. The number of carbonyl (C=O) groups is 1. The van der Waals surface area contributed by atoms with Crippen LogP contribution in [0.3, 0.4) is 0 Å². The topological polar surface area (TPSA) is 58.9 Å². The van der Waals surface area contributed by atoms with Crippen molar-refractivity contribution in [3.8, 4) is 5.75 Å². The number of hydrogen-bond donors (Lipinski definition) is 1. The highest BCUT2D eigenvalue weighted by Crippen LogP contribution is 2.20. The number of carboxylic acid groups (broad SMARTS) is 1. The lowest BCUT2D eigenvalue weighted by Crippen LogP contribution is -2.22. The van der Waals surface area contributed by atoms with Crippen molar-refractivity contribution in [1.29, 1.82) is 0 Å². The summed E-state index contributed by atoms with van der Waals surface area (Å²) >= 11 is 0. The van der Waals surface area contributed by atoms with Crippen molar-refractivity contribution in [3.63, 3.8) is 0 Å². The largest absolute Gasteiger partial charge is 0.479 e. The second kappa shape index (κ2) is 6.89. The van der Waals surface area contributed by atoms with Gasteiger partial charge in [-0.25, -0.2) is 4.79 Å². The molecule has 2 aromatic rings. The number of aryl methyl sites for hydroxylation is 2. The fraction of sp³-hybridized carbons (Fsp3) is 0.222. The molecule has 1 atom stereocenters. The van der Waals surface area contributed by atoms with E-state index < -0.39 is 12.1 Å². The Kier molecular flexibility index (Phi) is 4.94. The minimum atomic E-state index is -0.986. The van der Waals surface area contributed by atoms with E-state index in [4.69, 9.17) is 9.84 Å². The molecule has 2 aromatic carbocycles. The van der Waals surface area contributed by atoms with E-state index in [2.05, 4.69) is 18.0 Å². The molecule has 22 heavy (non-hydrogen) atoms. The number of ether oxygens (including phenoxy) is 1. The second-order valence-corrected chi connectivity index (χ2v) is 5.22. The lowest BCUT2D eigenvalue weighted by molar-refractivity contribution is -0.144. The Morgan fingerprint density at radius 1 is 1.18 bits per heavy atom. The van der Waals surface area contributed by atoms with Gasteiger partial charge in [-0.1, -0.05) is 17.7 Å². The molecule has 0 heterocycles. The first-order chi connectivity index (χ1) is 10.5. The van der Waals surface area contributed by atoms with Gasteiger partial charge in [0.15, 0.2) is 6.10 Å². The van der Waals surface area contributed by atoms with Gasteiger partial charge in [0, 0.05) is 6.21 Å². The maximum atomic E-state index is 10.7. The number of nitrogens with zero attached hydrogens (tertiary/aromatic N) is 1. The zero-order valence-electron chi connectivity index (χ0n) is 12.9. The Morgan fingerprint density at radius 2 is 1.86 bits per heavy atom. The van der Waals surface area contributed by atoms with Crippen LogP contribution in [0.2, 0.25) is 0 Å². The first kappa shape index (κ1) is 15.8. The van der Waals surface area contributed by atoms with Crippen molar-refractivity contribution >= 4 is 17.9 Å². The number of carboxylic acids is 1. The molecule has 0 radical (unpaired) electrons. The van der Waals surface area contributed by atoms with Gasteiger partial charge in [0.05, 0.1) is 5.69 Å². The third-order valence-corrected chi connectivity index (χ3v) is 3.25. The molecular weight excluding hydrogens is 278 g/mol. The average Bonchev–Trinajstić information content (AvgIpc) is 2.47. The van der Waals surface area contributed by atoms with Crippen molar-refractivity contribution in [2.75, 3.05) is 0 Å². The van der Waals surface area contributed by atoms with Crippen LogP contribution in [0.1, 0.15) is 23.6 Å². The van der Waals surface area contributed by atoms with Crippen LogP contribution < -0.4 is 4.74 Å². The average molecular weight is 297 g/mol. The van der Waals surface area contributed by atoms with E-state index in [0.717, 1.165) is 16.8 Å². The molecule has 0 aromatic heterocycles. The third-order valence-electron chi connectivity index (χ3n) is 3.25. The van der Waals surface area contributed by atoms with Gasteiger partial charge in [0.25, 0.3) is 0 Å². The minimum Gasteiger partial charge on any atom is -0.479 e. The summed E-state index contributed by atoms with van der Waals surface area (Å²) < 4.78 is 5.28. The Balaban J connectivity index is 2.07. The van der Waals surface area contributed by atoms with Crippen molar-refractivity contribution in [1.82, 2.24) is 0 Å². The number of hydrogen-bond acceptors (Lipinski definition) is 3. The van der Waals surface area contributed by atoms with Gasteiger partial charge in [0.1, 0.15) is 5.75 Å². The number of aliphatic imine (C=N–C) groups is 1. The van der Waals surface area contributed by atoms with Gasteiger partial charge in [-0.05, 0) is 62.2 Å². The van der Waals surface area contributed by atoms with E-state index in [1.165, 1.54) is 12.5 Å². The number of benzene rings is 2. The summed E-state index contributed by atoms with van der Waals surface area (Å²) in [6, 6.07) is 13.3. The standard InChI is InChI=1S/C18H19NO3/c1-12-4-9-17(13(2)10-12)19-11-15-5-7-16(8-6-15)22-14(3)18(20)21/h4-11,14H,1-3H3,(H,20,21)/t14-/m0/s1. The van der Waals surface area contributed by atoms with Crippen LogP contribution in [-0.2, 0) is 4.79 Å². The molecule has 4 nitrogen and oxygen atoms in total. The molecule has 0 saturated carbocycles. The molecule has 2 rings (SSSR count). The molecule has 114 valence electrons. The molecule has 0 saturated heterocycles. The van der Waals surface area contributed by atoms with Crippen LogP contribution in [0.4, 0.5) is 5.69 Å². The first-order valence-electron chi connectivity index (χ1n) is 7.06. The predicted octanol–water partition coefficient (Wildman–Crippen LogP) is 3.91. The van der Waals surface area contributed by atoms with Crippen LogP contribution in [0.15, 0.2) is 47.5 Å². The molecule has 0 aliphatic heterocycles. The smallest absolute Gasteiger partial charge is 0.344 e. The lowest BCUT2D eigenvalue weighted by atomic mass is 10.1. The van der Waals surface area contributed by atoms with E-state index in [9.17, 15) is 4.79 Å². The van der Waals surface area contributed by atoms with E-state index >= 15 is 0 Å². The van der Waals surface area contributed by atoms with Crippen LogP contribution in [0.25, 0.3) is 0 Å². The highest BCUT2D eigenvalue weighted by molar-refractivity contribution is 5.82. The zero-order chi connectivity index (χ0) is 16.1. The summed E-state index contributed by atoms with van der Waals surface area (Å²) in [7, 11) is 0. The highest BCUT2D eigenvalue weighted by atomic mass is 16.5. The molecular formula is C18H19NO3. The summed E-state index contributed by atoms with van der Waals surface area (Å²) in [6.07, 6.45) is 0.914. The van der Waals surface area contributed by atoms with Crippen molar-refractivity contribution in [3.05, 3.63) is 59.2 Å². The Bertz CT molecular complexity index is 690. The third kappa shape index (κ3) is 4.19. The van der Waals surface area contributed by atoms with Gasteiger partial charge in [-0.3, -0.25) is 4.99 Å². The van der Waals surface area contributed by atoms with Crippen LogP contribution in [0.5, 0.6) is 5.75 Å². The molecule has 1 N–H and O–H groups in total. The summed E-state index contributed by atoms with van der Waals surface area (Å²) in [5.74, 6) is -0.459. The molecule has 0 aliphatic carbocycles. The Hall–Kier alpha value is -2.62. The molecule has 0 amide bonds. The van der Waals surface area contributed by atoms with E-state index in [0.29, 0.717) is 5.75 Å². The maximum Gasteiger partial charge on any atom is 0.344 e. The molecule has 0 fully saturated rings. The van der Waals surface area contributed by atoms with Crippen LogP contribution in [-0.4, -0.2) is 23.4 Å². The Morgan fingerprint density at radius 3 is 2.45 bits per heavy atom. The first-order valence-corrected chi connectivity index (χ1v) is 7.06. The fourth-order valence-electron chi connectivity index (χ4n) is 1.98. The van der Waals surface area contributed by atoms with E-state index in [1.807, 2.05) is 31.2 Å². The zero-order valence-corrected chi connectivity index (χ0v) is 12.9. The predicted molar refractivity (Wildman–Crippen MR) is 87.3 cm³/mol. The van der Waals surface area contributed by atoms with Gasteiger partial charge in [-0.15, -0.1) is 0 Å². The van der Waals surface area contributed by atoms with Gasteiger partial charge < -0.3 is 9.84 Å². The van der Waals surface area contributed by atoms with Crippen molar-refractivity contribution in [2.24, 2.45) is 4.99 Å². The van der Waals surface area contributed by atoms with Gasteiger partial charge in [0.2, 0.25) is 0 Å². The monoisotopic (exact) mass is 297 g/mol. The molecule has 4 heteroatoms. The normalized spacial score (nSPS) is 12.3. The second-order valence-electron chi connectivity index (χ2n) is 5.22. The number of aliphatic carboxylic acids is 1. The van der Waals surface area contributed by atoms with E-state index in [1.54, 1.807) is 18.3 Å². The highest BCUT2D eigenvalue weighted by Gasteiger charge is 2.11. The summed E-state index contributed by atoms with van der Waals surface area (Å²) in [6.45, 7) is 5.58. The SMILES string of the molecule is Cc1ccc(N=Cc2ccc(O[C@@H](C)C(=O)O)cc2)c(C)c1. The minimum absolute atomic E-state index is 0.526. The summed E-state index contributed by atoms with van der Waals surface area (Å²) in [5, 5.41) is 8.81. The molecule has 0 unspecified atom stereocenters.